The van der Waals surface area contributed by atoms with Gasteiger partial charge in [0.05, 0.1) is 0 Å². The van der Waals surface area contributed by atoms with Gasteiger partial charge in [0.15, 0.2) is 0 Å². The summed E-state index contributed by atoms with van der Waals surface area (Å²) < 4.78 is 5.34. The predicted octanol–water partition coefficient (Wildman–Crippen LogP) is 1.71. The molecule has 130 valence electrons. The van der Waals surface area contributed by atoms with Gasteiger partial charge < -0.3 is 19.6 Å². The minimum absolute atomic E-state index is 0.0845. The van der Waals surface area contributed by atoms with Gasteiger partial charge in [0.25, 0.3) is 0 Å². The third-order valence-corrected chi connectivity index (χ3v) is 4.32. The zero-order chi connectivity index (χ0) is 17.2. The van der Waals surface area contributed by atoms with Gasteiger partial charge in [0.2, 0.25) is 5.91 Å². The van der Waals surface area contributed by atoms with E-state index in [4.69, 9.17) is 4.74 Å². The molecule has 1 atom stereocenters. The second kappa shape index (κ2) is 6.76. The Hall–Kier alpha value is -1.79. The van der Waals surface area contributed by atoms with Gasteiger partial charge >= 0.3 is 12.1 Å². The maximum absolute atomic E-state index is 12.5. The van der Waals surface area contributed by atoms with Crippen molar-refractivity contribution >= 4 is 18.0 Å². The van der Waals surface area contributed by atoms with Gasteiger partial charge in [-0.05, 0) is 46.5 Å². The molecule has 0 bridgehead atoms. The van der Waals surface area contributed by atoms with Gasteiger partial charge in [0.1, 0.15) is 11.6 Å². The van der Waals surface area contributed by atoms with E-state index in [0.717, 1.165) is 6.42 Å². The van der Waals surface area contributed by atoms with Crippen LogP contribution < -0.4 is 0 Å². The van der Waals surface area contributed by atoms with Crippen molar-refractivity contribution in [3.8, 4) is 0 Å². The fourth-order valence-corrected chi connectivity index (χ4v) is 3.16. The number of carbonyl (C=O) groups is 3. The second-order valence-electron chi connectivity index (χ2n) is 7.27. The standard InChI is InChI=1S/C16H26N2O5/c1-16(2,3)23-15(22)17-9-6-11(7-10-17)13(19)18-8-4-5-12(18)14(20)21/h11-12H,4-10H2,1-3H3,(H,20,21)/t12-/m1/s1. The molecule has 0 aromatic carbocycles. The average Bonchev–Trinajstić information content (AvgIpc) is 2.94. The van der Waals surface area contributed by atoms with Crippen LogP contribution in [0, 0.1) is 5.92 Å². The first-order valence-electron chi connectivity index (χ1n) is 8.20. The third-order valence-electron chi connectivity index (χ3n) is 4.32. The molecule has 7 heteroatoms. The summed E-state index contributed by atoms with van der Waals surface area (Å²) in [6.45, 7) is 6.91. The zero-order valence-corrected chi connectivity index (χ0v) is 14.1. The van der Waals surface area contributed by atoms with Crippen LogP contribution in [0.15, 0.2) is 0 Å². The quantitative estimate of drug-likeness (QED) is 0.834. The van der Waals surface area contributed by atoms with E-state index in [2.05, 4.69) is 0 Å². The number of hydrogen-bond acceptors (Lipinski definition) is 4. The molecular weight excluding hydrogens is 300 g/mol. The molecule has 23 heavy (non-hydrogen) atoms. The van der Waals surface area contributed by atoms with Gasteiger partial charge in [-0.3, -0.25) is 4.79 Å². The molecule has 2 saturated heterocycles. The number of aliphatic carboxylic acids is 1. The summed E-state index contributed by atoms with van der Waals surface area (Å²) in [6.07, 6.45) is 2.02. The summed E-state index contributed by atoms with van der Waals surface area (Å²) in [4.78, 5) is 38.9. The van der Waals surface area contributed by atoms with E-state index >= 15 is 0 Å². The van der Waals surface area contributed by atoms with Crippen molar-refractivity contribution in [2.75, 3.05) is 19.6 Å². The Morgan fingerprint density at radius 1 is 1.04 bits per heavy atom. The van der Waals surface area contributed by atoms with Crippen LogP contribution in [0.3, 0.4) is 0 Å². The summed E-state index contributed by atoms with van der Waals surface area (Å²) >= 11 is 0. The van der Waals surface area contributed by atoms with E-state index < -0.39 is 17.6 Å². The summed E-state index contributed by atoms with van der Waals surface area (Å²) in [7, 11) is 0. The first-order valence-corrected chi connectivity index (χ1v) is 8.20. The number of likely N-dealkylation sites (tertiary alicyclic amines) is 2. The van der Waals surface area contributed by atoms with E-state index in [1.165, 1.54) is 4.90 Å². The number of nitrogens with zero attached hydrogens (tertiary/aromatic N) is 2. The molecule has 0 aromatic heterocycles. The Morgan fingerprint density at radius 2 is 1.65 bits per heavy atom. The van der Waals surface area contributed by atoms with Crippen LogP contribution in [-0.2, 0) is 14.3 Å². The Bertz CT molecular complexity index is 477. The highest BCUT2D eigenvalue weighted by atomic mass is 16.6. The molecule has 1 N–H and O–H groups in total. The van der Waals surface area contributed by atoms with Crippen molar-refractivity contribution in [3.63, 3.8) is 0 Å². The van der Waals surface area contributed by atoms with E-state index in [0.29, 0.717) is 38.9 Å². The smallest absolute Gasteiger partial charge is 0.410 e. The van der Waals surface area contributed by atoms with E-state index in [9.17, 15) is 19.5 Å². The molecule has 0 saturated carbocycles. The Kier molecular flexibility index (Phi) is 5.16. The molecule has 0 aromatic rings. The van der Waals surface area contributed by atoms with E-state index in [-0.39, 0.29) is 17.9 Å². The van der Waals surface area contributed by atoms with Gasteiger partial charge in [-0.15, -0.1) is 0 Å². The van der Waals surface area contributed by atoms with E-state index in [1.54, 1.807) is 4.90 Å². The number of carboxylic acids is 1. The maximum Gasteiger partial charge on any atom is 0.410 e. The fourth-order valence-electron chi connectivity index (χ4n) is 3.16. The number of amides is 2. The zero-order valence-electron chi connectivity index (χ0n) is 14.1. The van der Waals surface area contributed by atoms with Gasteiger partial charge in [-0.25, -0.2) is 9.59 Å². The Balaban J connectivity index is 1.88. The average molecular weight is 326 g/mol. The molecule has 2 aliphatic rings. The second-order valence-corrected chi connectivity index (χ2v) is 7.27. The normalized spacial score (nSPS) is 23.0. The van der Waals surface area contributed by atoms with Crippen LogP contribution in [0.1, 0.15) is 46.5 Å². The minimum Gasteiger partial charge on any atom is -0.480 e. The van der Waals surface area contributed by atoms with Crippen molar-refractivity contribution in [2.24, 2.45) is 5.92 Å². The molecule has 7 nitrogen and oxygen atoms in total. The van der Waals surface area contributed by atoms with Crippen LogP contribution >= 0.6 is 0 Å². The molecule has 2 rings (SSSR count). The van der Waals surface area contributed by atoms with E-state index in [1.807, 2.05) is 20.8 Å². The maximum atomic E-state index is 12.5. The number of rotatable bonds is 2. The Morgan fingerprint density at radius 3 is 2.17 bits per heavy atom. The molecule has 2 fully saturated rings. The van der Waals surface area contributed by atoms with Crippen molar-refractivity contribution in [1.29, 1.82) is 0 Å². The molecule has 0 unspecified atom stereocenters. The topological polar surface area (TPSA) is 87.2 Å². The number of carboxylic acid groups (broad SMARTS) is 1. The molecule has 0 spiro atoms. The van der Waals surface area contributed by atoms with Crippen LogP contribution in [0.25, 0.3) is 0 Å². The summed E-state index contributed by atoms with van der Waals surface area (Å²) in [5, 5.41) is 9.19. The summed E-state index contributed by atoms with van der Waals surface area (Å²) in [6, 6.07) is -0.689. The first-order chi connectivity index (χ1) is 10.7. The minimum atomic E-state index is -0.929. The Labute approximate surface area is 136 Å². The molecular formula is C16H26N2O5. The highest BCUT2D eigenvalue weighted by molar-refractivity contribution is 5.86. The largest absolute Gasteiger partial charge is 0.480 e. The number of carbonyl (C=O) groups excluding carboxylic acids is 2. The lowest BCUT2D eigenvalue weighted by molar-refractivity contribution is -0.150. The van der Waals surface area contributed by atoms with Crippen molar-refractivity contribution in [2.45, 2.75) is 58.1 Å². The molecule has 2 heterocycles. The van der Waals surface area contributed by atoms with Gasteiger partial charge in [0, 0.05) is 25.6 Å². The lowest BCUT2D eigenvalue weighted by Gasteiger charge is -2.35. The predicted molar refractivity (Wildman–Crippen MR) is 82.9 cm³/mol. The van der Waals surface area contributed by atoms with Crippen LogP contribution in [-0.4, -0.2) is 64.2 Å². The summed E-state index contributed by atoms with van der Waals surface area (Å²) in [5.41, 5.74) is -0.534. The van der Waals surface area contributed by atoms with Crippen LogP contribution in [0.4, 0.5) is 4.79 Å². The monoisotopic (exact) mass is 326 g/mol. The lowest BCUT2D eigenvalue weighted by atomic mass is 9.95. The molecule has 2 aliphatic heterocycles. The highest BCUT2D eigenvalue weighted by Crippen LogP contribution is 2.26. The van der Waals surface area contributed by atoms with Gasteiger partial charge in [-0.2, -0.15) is 0 Å². The van der Waals surface area contributed by atoms with Crippen molar-refractivity contribution in [1.82, 2.24) is 9.80 Å². The van der Waals surface area contributed by atoms with Crippen molar-refractivity contribution in [3.05, 3.63) is 0 Å². The van der Waals surface area contributed by atoms with Crippen LogP contribution in [0.5, 0.6) is 0 Å². The SMILES string of the molecule is CC(C)(C)OC(=O)N1CCC(C(=O)N2CCC[C@@H]2C(=O)O)CC1. The fraction of sp³-hybridized carbons (Fsp3) is 0.812. The van der Waals surface area contributed by atoms with Gasteiger partial charge in [-0.1, -0.05) is 0 Å². The molecule has 2 amide bonds. The number of piperidine rings is 1. The third kappa shape index (κ3) is 4.36. The molecule has 0 aliphatic carbocycles. The van der Waals surface area contributed by atoms with Crippen molar-refractivity contribution < 1.29 is 24.2 Å². The first kappa shape index (κ1) is 17.6. The lowest BCUT2D eigenvalue weighted by Crippen LogP contribution is -2.48. The number of ether oxygens (including phenoxy) is 1. The highest BCUT2D eigenvalue weighted by Gasteiger charge is 2.38. The summed E-state index contributed by atoms with van der Waals surface area (Å²) in [5.74, 6) is -1.21. The molecule has 0 radical (unpaired) electrons. The number of hydrogen-bond donors (Lipinski definition) is 1. The van der Waals surface area contributed by atoms with Crippen LogP contribution in [0.2, 0.25) is 0 Å².